The van der Waals surface area contributed by atoms with Crippen molar-refractivity contribution in [1.29, 1.82) is 0 Å². The summed E-state index contributed by atoms with van der Waals surface area (Å²) >= 11 is 0. The number of rotatable bonds is 12. The van der Waals surface area contributed by atoms with Gasteiger partial charge in [-0.25, -0.2) is 24.2 Å². The first-order valence-corrected chi connectivity index (χ1v) is 17.6. The Bertz CT molecular complexity index is 344. The average molecular weight is 575 g/mol. The molecule has 0 fully saturated rings. The van der Waals surface area contributed by atoms with E-state index in [1.165, 1.54) is 0 Å². The van der Waals surface area contributed by atoms with Gasteiger partial charge in [0.15, 0.2) is 0 Å². The molecule has 0 aliphatic rings. The van der Waals surface area contributed by atoms with Crippen LogP contribution in [0.4, 0.5) is 0 Å². The normalized spacial score (nSPS) is 12.2. The van der Waals surface area contributed by atoms with Crippen LogP contribution in [-0.4, -0.2) is 52.1 Å². The summed E-state index contributed by atoms with van der Waals surface area (Å²) in [6.07, 6.45) is 0. The third-order valence-corrected chi connectivity index (χ3v) is 12.8. The summed E-state index contributed by atoms with van der Waals surface area (Å²) in [7, 11) is -0.279. The molecule has 0 aromatic heterocycles. The zero-order chi connectivity index (χ0) is 27.0. The summed E-state index contributed by atoms with van der Waals surface area (Å²) in [6, 6.07) is 1.52. The quantitative estimate of drug-likeness (QED) is 0.208. The molecule has 0 unspecified atom stereocenters. The molecule has 0 saturated carbocycles. The molecule has 34 heavy (non-hydrogen) atoms. The smallest absolute Gasteiger partial charge is 0.634 e. The predicted octanol–water partition coefficient (Wildman–Crippen LogP) is 11.9. The SMILES string of the molecule is CC(C)[N-]P(C(C)C)C(C)C.CC(C)[N-]P(C(C)C)C(C)C.CC(C)[N-]P(C(C)C)C(C)C.[Cr+3]. The number of hydrogen-bond acceptors (Lipinski definition) is 0. The van der Waals surface area contributed by atoms with Gasteiger partial charge in [0, 0.05) is 0 Å². The van der Waals surface area contributed by atoms with E-state index in [-0.39, 0.29) is 41.6 Å². The van der Waals surface area contributed by atoms with E-state index in [1.54, 1.807) is 0 Å². The van der Waals surface area contributed by atoms with Gasteiger partial charge in [-0.05, 0) is 34.0 Å². The van der Waals surface area contributed by atoms with Crippen LogP contribution >= 0.6 is 24.2 Å². The van der Waals surface area contributed by atoms with E-state index in [0.29, 0.717) is 18.1 Å². The summed E-state index contributed by atoms with van der Waals surface area (Å²) in [4.78, 5) is 0. The molecule has 207 valence electrons. The molecule has 0 aromatic carbocycles. The number of nitrogens with zero attached hydrogens (tertiary/aromatic N) is 3. The molecule has 0 amide bonds. The predicted molar refractivity (Wildman–Crippen MR) is 167 cm³/mol. The molecular formula is C27H63CrN3P3. The van der Waals surface area contributed by atoms with Gasteiger partial charge in [-0.15, -0.1) is 18.1 Å². The first kappa shape index (κ1) is 42.8. The van der Waals surface area contributed by atoms with Crippen LogP contribution in [0.2, 0.25) is 0 Å². The average Bonchev–Trinajstić information content (AvgIpc) is 2.61. The molecule has 0 spiro atoms. The van der Waals surface area contributed by atoms with Crippen LogP contribution in [0.3, 0.4) is 0 Å². The van der Waals surface area contributed by atoms with Gasteiger partial charge in [0.1, 0.15) is 0 Å². The van der Waals surface area contributed by atoms with Gasteiger partial charge >= 0.3 is 17.4 Å². The first-order valence-electron chi connectivity index (χ1n) is 13.3. The zero-order valence-corrected chi connectivity index (χ0v) is 30.2. The standard InChI is InChI=1S/3C9H21NP.Cr/c3*1-7(2)10-11(8(3)4)9(5)6;/h3*7-9H,1-6H3;/q3*-1;+3. The van der Waals surface area contributed by atoms with Gasteiger partial charge in [-0.2, -0.15) is 0 Å². The van der Waals surface area contributed by atoms with E-state index in [2.05, 4.69) is 125 Å². The van der Waals surface area contributed by atoms with Crippen molar-refractivity contribution in [2.75, 3.05) is 0 Å². The fraction of sp³-hybridized carbons (Fsp3) is 1.00. The number of hydrogen-bond donors (Lipinski definition) is 0. The van der Waals surface area contributed by atoms with Gasteiger partial charge in [0.25, 0.3) is 0 Å². The molecule has 0 aromatic rings. The van der Waals surface area contributed by atoms with Crippen molar-refractivity contribution in [3.05, 3.63) is 15.3 Å². The first-order chi connectivity index (χ1) is 14.8. The van der Waals surface area contributed by atoms with Crippen LogP contribution < -0.4 is 0 Å². The van der Waals surface area contributed by atoms with Gasteiger partial charge < -0.3 is 15.3 Å². The van der Waals surface area contributed by atoms with Crippen molar-refractivity contribution >= 4 is 24.2 Å². The van der Waals surface area contributed by atoms with Crippen LogP contribution in [-0.2, 0) is 17.4 Å². The van der Waals surface area contributed by atoms with Crippen molar-refractivity contribution in [1.82, 2.24) is 0 Å². The van der Waals surface area contributed by atoms with Gasteiger partial charge in [-0.1, -0.05) is 125 Å². The molecule has 0 heterocycles. The molecule has 0 aliphatic heterocycles. The monoisotopic (exact) mass is 574 g/mol. The maximum atomic E-state index is 4.74. The molecule has 0 bridgehead atoms. The summed E-state index contributed by atoms with van der Waals surface area (Å²) in [6.45, 7) is 40.3. The Morgan fingerprint density at radius 1 is 0.294 bits per heavy atom. The summed E-state index contributed by atoms with van der Waals surface area (Å²) < 4.78 is 0. The molecule has 1 radical (unpaired) electrons. The van der Waals surface area contributed by atoms with Crippen molar-refractivity contribution in [3.63, 3.8) is 0 Å². The van der Waals surface area contributed by atoms with E-state index in [0.717, 1.165) is 34.0 Å². The second-order valence-electron chi connectivity index (χ2n) is 11.3. The minimum absolute atomic E-state index is 0. The summed E-state index contributed by atoms with van der Waals surface area (Å²) in [5, 5.41) is 14.2. The van der Waals surface area contributed by atoms with E-state index < -0.39 is 0 Å². The van der Waals surface area contributed by atoms with Crippen LogP contribution in [0.1, 0.15) is 125 Å². The maximum Gasteiger partial charge on any atom is 3.00 e. The molecule has 7 heteroatoms. The van der Waals surface area contributed by atoms with Crippen molar-refractivity contribution in [3.8, 4) is 0 Å². The van der Waals surface area contributed by atoms with Gasteiger partial charge in [0.2, 0.25) is 0 Å². The molecule has 0 rings (SSSR count). The Balaban J connectivity index is -0.000000196. The van der Waals surface area contributed by atoms with Crippen LogP contribution in [0.5, 0.6) is 0 Å². The van der Waals surface area contributed by atoms with Crippen molar-refractivity contribution in [2.45, 2.75) is 177 Å². The Hall–Kier alpha value is 1.70. The summed E-state index contributed by atoms with van der Waals surface area (Å²) in [5.41, 5.74) is 4.46. The largest absolute Gasteiger partial charge is 3.00 e. The minimum Gasteiger partial charge on any atom is -0.634 e. The molecular weight excluding hydrogens is 511 g/mol. The van der Waals surface area contributed by atoms with E-state index in [4.69, 9.17) is 15.3 Å². The molecule has 3 nitrogen and oxygen atoms in total. The Labute approximate surface area is 232 Å². The second-order valence-corrected chi connectivity index (χ2v) is 20.5. The minimum atomic E-state index is -0.0931. The molecule has 0 saturated heterocycles. The fourth-order valence-electron chi connectivity index (χ4n) is 3.39. The van der Waals surface area contributed by atoms with Crippen LogP contribution in [0.15, 0.2) is 0 Å². The zero-order valence-electron chi connectivity index (χ0n) is 26.3. The van der Waals surface area contributed by atoms with E-state index in [1.807, 2.05) is 0 Å². The van der Waals surface area contributed by atoms with E-state index >= 15 is 0 Å². The molecule has 0 aliphatic carbocycles. The topological polar surface area (TPSA) is 42.3 Å². The molecule has 0 atom stereocenters. The van der Waals surface area contributed by atoms with Crippen molar-refractivity contribution in [2.24, 2.45) is 0 Å². The Kier molecular flexibility index (Phi) is 29.9. The summed E-state index contributed by atoms with van der Waals surface area (Å²) in [5.74, 6) is 0. The van der Waals surface area contributed by atoms with Crippen LogP contribution in [0.25, 0.3) is 15.3 Å². The maximum absolute atomic E-state index is 4.74. The molecule has 0 N–H and O–H groups in total. The van der Waals surface area contributed by atoms with Gasteiger partial charge in [-0.3, -0.25) is 0 Å². The fourth-order valence-corrected chi connectivity index (χ4v) is 10.2. The van der Waals surface area contributed by atoms with Gasteiger partial charge in [0.05, 0.1) is 0 Å². The van der Waals surface area contributed by atoms with Crippen LogP contribution in [0, 0.1) is 0 Å². The van der Waals surface area contributed by atoms with Crippen molar-refractivity contribution < 1.29 is 17.4 Å². The van der Waals surface area contributed by atoms with E-state index in [9.17, 15) is 0 Å². The Morgan fingerprint density at radius 3 is 0.441 bits per heavy atom. The second kappa shape index (κ2) is 23.8. The third kappa shape index (κ3) is 25.4. The Morgan fingerprint density at radius 2 is 0.412 bits per heavy atom. The third-order valence-electron chi connectivity index (χ3n) is 4.27.